The molecule has 1 aromatic heterocycles. The summed E-state index contributed by atoms with van der Waals surface area (Å²) < 4.78 is 15.8. The maximum Gasteiger partial charge on any atom is 0.338 e. The zero-order chi connectivity index (χ0) is 16.1. The van der Waals surface area contributed by atoms with Crippen molar-refractivity contribution in [3.8, 4) is 11.5 Å². The number of carbonyl (C=O) groups excluding carboxylic acids is 1. The number of aryl methyl sites for hydroxylation is 1. The van der Waals surface area contributed by atoms with Crippen molar-refractivity contribution >= 4 is 5.97 Å². The molecular weight excluding hydrogens is 294 g/mol. The van der Waals surface area contributed by atoms with E-state index in [-0.39, 0.29) is 6.61 Å². The van der Waals surface area contributed by atoms with Crippen molar-refractivity contribution in [2.45, 2.75) is 13.5 Å². The third-order valence-corrected chi connectivity index (χ3v) is 3.08. The molecule has 5 nitrogen and oxygen atoms in total. The highest BCUT2D eigenvalue weighted by Gasteiger charge is 2.10. The molecule has 0 aliphatic heterocycles. The van der Waals surface area contributed by atoms with E-state index in [1.807, 2.05) is 30.3 Å². The smallest absolute Gasteiger partial charge is 0.338 e. The molecule has 23 heavy (non-hydrogen) atoms. The third kappa shape index (κ3) is 3.97. The van der Waals surface area contributed by atoms with Gasteiger partial charge in [0.2, 0.25) is 0 Å². The molecule has 3 aromatic rings. The lowest BCUT2D eigenvalue weighted by molar-refractivity contribution is 0.0464. The van der Waals surface area contributed by atoms with Crippen LogP contribution in [0.1, 0.15) is 21.8 Å². The maximum atomic E-state index is 12.1. The molecule has 0 aliphatic rings. The Morgan fingerprint density at radius 2 is 1.83 bits per heavy atom. The van der Waals surface area contributed by atoms with Crippen molar-refractivity contribution in [2.24, 2.45) is 0 Å². The third-order valence-electron chi connectivity index (χ3n) is 3.08. The van der Waals surface area contributed by atoms with Crippen LogP contribution in [0.4, 0.5) is 0 Å². The molecule has 0 amide bonds. The van der Waals surface area contributed by atoms with Crippen molar-refractivity contribution in [3.63, 3.8) is 0 Å². The van der Waals surface area contributed by atoms with Gasteiger partial charge in [0.1, 0.15) is 29.6 Å². The topological polar surface area (TPSA) is 61.6 Å². The van der Waals surface area contributed by atoms with Crippen molar-refractivity contribution in [3.05, 3.63) is 77.7 Å². The molecule has 2 aromatic carbocycles. The summed E-state index contributed by atoms with van der Waals surface area (Å²) in [6, 6.07) is 17.9. The molecule has 0 fully saturated rings. The Hall–Kier alpha value is -3.08. The summed E-state index contributed by atoms with van der Waals surface area (Å²) in [5.74, 6) is 1.51. The van der Waals surface area contributed by atoms with Crippen LogP contribution in [0.15, 0.2) is 65.2 Å². The van der Waals surface area contributed by atoms with Crippen LogP contribution in [0.25, 0.3) is 0 Å². The summed E-state index contributed by atoms with van der Waals surface area (Å²) in [5.41, 5.74) is 0.992. The Balaban J connectivity index is 1.65. The first-order chi connectivity index (χ1) is 11.2. The molecule has 1 heterocycles. The van der Waals surface area contributed by atoms with E-state index in [0.717, 1.165) is 0 Å². The van der Waals surface area contributed by atoms with Gasteiger partial charge in [-0.2, -0.15) is 0 Å². The Morgan fingerprint density at radius 1 is 1.04 bits per heavy atom. The number of nitrogens with zero attached hydrogens (tertiary/aromatic N) is 1. The Bertz CT molecular complexity index is 796. The van der Waals surface area contributed by atoms with Gasteiger partial charge in [-0.05, 0) is 37.3 Å². The van der Waals surface area contributed by atoms with E-state index in [2.05, 4.69) is 5.16 Å². The van der Waals surface area contributed by atoms with E-state index in [0.29, 0.717) is 28.5 Å². The van der Waals surface area contributed by atoms with Crippen molar-refractivity contribution in [2.75, 3.05) is 0 Å². The number of ether oxygens (including phenoxy) is 2. The van der Waals surface area contributed by atoms with E-state index in [1.165, 1.54) is 0 Å². The van der Waals surface area contributed by atoms with Gasteiger partial charge in [0.25, 0.3) is 0 Å². The lowest BCUT2D eigenvalue weighted by Crippen LogP contribution is -2.05. The maximum absolute atomic E-state index is 12.1. The Kier molecular flexibility index (Phi) is 4.38. The van der Waals surface area contributed by atoms with Gasteiger partial charge in [-0.15, -0.1) is 0 Å². The summed E-state index contributed by atoms with van der Waals surface area (Å²) in [7, 11) is 0. The van der Waals surface area contributed by atoms with Crippen LogP contribution >= 0.6 is 0 Å². The molecule has 0 saturated heterocycles. The van der Waals surface area contributed by atoms with E-state index >= 15 is 0 Å². The molecule has 0 spiro atoms. The zero-order valence-corrected chi connectivity index (χ0v) is 12.6. The summed E-state index contributed by atoms with van der Waals surface area (Å²) in [4.78, 5) is 12.1. The fourth-order valence-electron chi connectivity index (χ4n) is 2.02. The summed E-state index contributed by atoms with van der Waals surface area (Å²) in [6.07, 6.45) is 0. The first kappa shape index (κ1) is 14.8. The predicted molar refractivity (Wildman–Crippen MR) is 83.3 cm³/mol. The van der Waals surface area contributed by atoms with Gasteiger partial charge in [0, 0.05) is 6.07 Å². The van der Waals surface area contributed by atoms with Crippen LogP contribution in [-0.4, -0.2) is 11.1 Å². The second-order valence-corrected chi connectivity index (χ2v) is 4.95. The SMILES string of the molecule is Cc1cc(COC(=O)c2cccc(Oc3ccccc3)c2)no1. The van der Waals surface area contributed by atoms with E-state index in [4.69, 9.17) is 14.0 Å². The average molecular weight is 309 g/mol. The molecule has 0 saturated carbocycles. The number of aromatic nitrogens is 1. The molecule has 0 radical (unpaired) electrons. The lowest BCUT2D eigenvalue weighted by Gasteiger charge is -2.07. The molecule has 0 atom stereocenters. The molecule has 0 bridgehead atoms. The van der Waals surface area contributed by atoms with Crippen LogP contribution in [0.2, 0.25) is 0 Å². The van der Waals surface area contributed by atoms with Gasteiger partial charge in [-0.1, -0.05) is 29.4 Å². The van der Waals surface area contributed by atoms with E-state index in [9.17, 15) is 4.79 Å². The Morgan fingerprint density at radius 3 is 2.57 bits per heavy atom. The Labute approximate surface area is 133 Å². The lowest BCUT2D eigenvalue weighted by atomic mass is 10.2. The first-order valence-corrected chi connectivity index (χ1v) is 7.13. The number of rotatable bonds is 5. The van der Waals surface area contributed by atoms with Crippen LogP contribution < -0.4 is 4.74 Å². The monoisotopic (exact) mass is 309 g/mol. The van der Waals surface area contributed by atoms with Crippen molar-refractivity contribution in [1.29, 1.82) is 0 Å². The average Bonchev–Trinajstić information content (AvgIpc) is 2.99. The van der Waals surface area contributed by atoms with Gasteiger partial charge in [0.05, 0.1) is 5.56 Å². The first-order valence-electron chi connectivity index (χ1n) is 7.13. The van der Waals surface area contributed by atoms with E-state index in [1.54, 1.807) is 37.3 Å². The second kappa shape index (κ2) is 6.79. The number of benzene rings is 2. The molecule has 0 aliphatic carbocycles. The second-order valence-electron chi connectivity index (χ2n) is 4.95. The minimum Gasteiger partial charge on any atom is -0.457 e. The summed E-state index contributed by atoms with van der Waals surface area (Å²) >= 11 is 0. The van der Waals surface area contributed by atoms with Gasteiger partial charge in [-0.25, -0.2) is 4.79 Å². The van der Waals surface area contributed by atoms with Gasteiger partial charge >= 0.3 is 5.97 Å². The van der Waals surface area contributed by atoms with Gasteiger partial charge in [0.15, 0.2) is 0 Å². The minimum absolute atomic E-state index is 0.0694. The highest BCUT2D eigenvalue weighted by molar-refractivity contribution is 5.89. The van der Waals surface area contributed by atoms with E-state index < -0.39 is 5.97 Å². The molecule has 0 N–H and O–H groups in total. The largest absolute Gasteiger partial charge is 0.457 e. The molecule has 116 valence electrons. The summed E-state index contributed by atoms with van der Waals surface area (Å²) in [5, 5.41) is 3.78. The van der Waals surface area contributed by atoms with Crippen molar-refractivity contribution < 1.29 is 18.8 Å². The van der Waals surface area contributed by atoms with Crippen molar-refractivity contribution in [1.82, 2.24) is 5.16 Å². The number of para-hydroxylation sites is 1. The molecule has 5 heteroatoms. The highest BCUT2D eigenvalue weighted by atomic mass is 16.5. The highest BCUT2D eigenvalue weighted by Crippen LogP contribution is 2.22. The zero-order valence-electron chi connectivity index (χ0n) is 12.6. The molecule has 0 unspecified atom stereocenters. The molecule has 3 rings (SSSR count). The number of hydrogen-bond acceptors (Lipinski definition) is 5. The normalized spacial score (nSPS) is 10.3. The van der Waals surface area contributed by atoms with Crippen LogP contribution in [-0.2, 0) is 11.3 Å². The number of carbonyl (C=O) groups is 1. The number of esters is 1. The van der Waals surface area contributed by atoms with Gasteiger partial charge < -0.3 is 14.0 Å². The number of hydrogen-bond donors (Lipinski definition) is 0. The fourth-order valence-corrected chi connectivity index (χ4v) is 2.02. The predicted octanol–water partition coefficient (Wildman–Crippen LogP) is 4.13. The standard InChI is InChI=1S/C18H15NO4/c1-13-10-15(19-23-13)12-21-18(20)14-6-5-9-17(11-14)22-16-7-3-2-4-8-16/h2-11H,12H2,1H3. The fraction of sp³-hybridized carbons (Fsp3) is 0.111. The summed E-state index contributed by atoms with van der Waals surface area (Å²) in [6.45, 7) is 1.85. The van der Waals surface area contributed by atoms with Crippen LogP contribution in [0, 0.1) is 6.92 Å². The van der Waals surface area contributed by atoms with Crippen LogP contribution in [0.5, 0.6) is 11.5 Å². The van der Waals surface area contributed by atoms with Gasteiger partial charge in [-0.3, -0.25) is 0 Å². The molecular formula is C18H15NO4. The minimum atomic E-state index is -0.441. The van der Waals surface area contributed by atoms with Crippen LogP contribution in [0.3, 0.4) is 0 Å². The quantitative estimate of drug-likeness (QED) is 0.663.